The second-order valence-electron chi connectivity index (χ2n) is 4.66. The minimum Gasteiger partial charge on any atom is -0.325 e. The van der Waals surface area contributed by atoms with Crippen molar-refractivity contribution >= 4 is 44.7 Å². The molecular weight excluding hydrogens is 356 g/mol. The molecule has 124 valence electrons. The molecule has 23 heavy (non-hydrogen) atoms. The summed E-state index contributed by atoms with van der Waals surface area (Å²) in [5, 5.41) is 16.3. The van der Waals surface area contributed by atoms with Crippen LogP contribution in [0.2, 0.25) is 0 Å². The average molecular weight is 372 g/mol. The summed E-state index contributed by atoms with van der Waals surface area (Å²) < 4.78 is 23.1. The zero-order valence-electron chi connectivity index (χ0n) is 12.5. The number of hydrogen-bond acceptors (Lipinski definition) is 7. The van der Waals surface area contributed by atoms with Gasteiger partial charge in [-0.2, -0.15) is 0 Å². The Bertz CT molecular complexity index is 787. The lowest BCUT2D eigenvalue weighted by atomic mass is 10.3. The summed E-state index contributed by atoms with van der Waals surface area (Å²) in [5.74, 6) is -0.172. The molecule has 1 aromatic heterocycles. The largest absolute Gasteiger partial charge is 0.325 e. The van der Waals surface area contributed by atoms with Gasteiger partial charge in [0.05, 0.1) is 10.1 Å². The first-order valence-electron chi connectivity index (χ1n) is 6.70. The number of nitrogens with two attached hydrogens (primary N) is 1. The number of nitrogens with one attached hydrogen (secondary N) is 1. The molecule has 0 bridgehead atoms. The van der Waals surface area contributed by atoms with Crippen molar-refractivity contribution < 1.29 is 13.2 Å². The standard InChI is InChI=1S/C13H16N4O3S3/c1-3-11(22-13-17-16-8(2)21-13)12(18)15-9-4-6-10(7-5-9)23(14,19)20/h4-7,11H,3H2,1-2H3,(H,15,18)(H2,14,19,20). The number of carbonyl (C=O) groups excluding carboxylic acids is 1. The van der Waals surface area contributed by atoms with Crippen LogP contribution in [-0.4, -0.2) is 29.8 Å². The van der Waals surface area contributed by atoms with Gasteiger partial charge in [0.2, 0.25) is 15.9 Å². The lowest BCUT2D eigenvalue weighted by Gasteiger charge is -2.13. The Hall–Kier alpha value is -1.49. The van der Waals surface area contributed by atoms with Crippen LogP contribution in [0.15, 0.2) is 33.5 Å². The highest BCUT2D eigenvalue weighted by Gasteiger charge is 2.20. The van der Waals surface area contributed by atoms with E-state index in [0.29, 0.717) is 12.1 Å². The second-order valence-corrected chi connectivity index (χ2v) is 8.85. The third-order valence-electron chi connectivity index (χ3n) is 2.86. The third kappa shape index (κ3) is 4.99. The van der Waals surface area contributed by atoms with E-state index in [1.165, 1.54) is 47.4 Å². The van der Waals surface area contributed by atoms with Crippen molar-refractivity contribution in [3.8, 4) is 0 Å². The number of aromatic nitrogens is 2. The summed E-state index contributed by atoms with van der Waals surface area (Å²) in [5.41, 5.74) is 0.509. The molecular formula is C13H16N4O3S3. The molecule has 2 rings (SSSR count). The lowest BCUT2D eigenvalue weighted by Crippen LogP contribution is -2.24. The molecule has 0 radical (unpaired) electrons. The van der Waals surface area contributed by atoms with Crippen molar-refractivity contribution in [3.05, 3.63) is 29.3 Å². The highest BCUT2D eigenvalue weighted by Crippen LogP contribution is 2.28. The van der Waals surface area contributed by atoms with E-state index in [1.54, 1.807) is 0 Å². The zero-order chi connectivity index (χ0) is 17.0. The Morgan fingerprint density at radius 2 is 2.00 bits per heavy atom. The number of nitrogens with zero attached hydrogens (tertiary/aromatic N) is 2. The molecule has 0 saturated heterocycles. The monoisotopic (exact) mass is 372 g/mol. The van der Waals surface area contributed by atoms with E-state index >= 15 is 0 Å². The van der Waals surface area contributed by atoms with Crippen LogP contribution >= 0.6 is 23.1 Å². The Morgan fingerprint density at radius 3 is 2.48 bits per heavy atom. The lowest BCUT2D eigenvalue weighted by molar-refractivity contribution is -0.115. The number of hydrogen-bond donors (Lipinski definition) is 2. The van der Waals surface area contributed by atoms with Crippen LogP contribution in [0.5, 0.6) is 0 Å². The first-order chi connectivity index (χ1) is 10.8. The van der Waals surface area contributed by atoms with Gasteiger partial charge in [-0.15, -0.1) is 10.2 Å². The number of benzene rings is 1. The van der Waals surface area contributed by atoms with Gasteiger partial charge in [-0.1, -0.05) is 30.0 Å². The maximum absolute atomic E-state index is 12.3. The molecule has 1 unspecified atom stereocenters. The third-order valence-corrected chi connectivity index (χ3v) is 6.08. The molecule has 0 spiro atoms. The second kappa shape index (κ2) is 7.39. The molecule has 0 saturated carbocycles. The maximum Gasteiger partial charge on any atom is 0.238 e. The summed E-state index contributed by atoms with van der Waals surface area (Å²) >= 11 is 2.80. The van der Waals surface area contributed by atoms with E-state index in [0.717, 1.165) is 9.35 Å². The van der Waals surface area contributed by atoms with Gasteiger partial charge in [0.1, 0.15) is 5.01 Å². The number of rotatable bonds is 6. The predicted octanol–water partition coefficient (Wildman–Crippen LogP) is 2.00. The number of thioether (sulfide) groups is 1. The number of amides is 1. The molecule has 1 aromatic carbocycles. The molecule has 7 nitrogen and oxygen atoms in total. The van der Waals surface area contributed by atoms with Gasteiger partial charge in [0.25, 0.3) is 0 Å². The van der Waals surface area contributed by atoms with Gasteiger partial charge >= 0.3 is 0 Å². The number of carbonyl (C=O) groups is 1. The van der Waals surface area contributed by atoms with E-state index in [4.69, 9.17) is 5.14 Å². The number of primary sulfonamides is 1. The molecule has 1 heterocycles. The van der Waals surface area contributed by atoms with E-state index < -0.39 is 10.0 Å². The van der Waals surface area contributed by atoms with E-state index in [-0.39, 0.29) is 16.1 Å². The number of anilines is 1. The first kappa shape index (κ1) is 17.9. The van der Waals surface area contributed by atoms with Crippen molar-refractivity contribution in [1.29, 1.82) is 0 Å². The first-order valence-corrected chi connectivity index (χ1v) is 9.94. The number of sulfonamides is 1. The smallest absolute Gasteiger partial charge is 0.238 e. The molecule has 0 fully saturated rings. The van der Waals surface area contributed by atoms with Crippen LogP contribution in [0.3, 0.4) is 0 Å². The minimum absolute atomic E-state index is 0.00116. The fourth-order valence-corrected chi connectivity index (χ4v) is 4.22. The number of aryl methyl sites for hydroxylation is 1. The van der Waals surface area contributed by atoms with Crippen LogP contribution < -0.4 is 10.5 Å². The van der Waals surface area contributed by atoms with Crippen molar-refractivity contribution in [2.45, 2.75) is 34.8 Å². The molecule has 0 aliphatic heterocycles. The summed E-state index contributed by atoms with van der Waals surface area (Å²) in [4.78, 5) is 12.3. The SMILES string of the molecule is CCC(Sc1nnc(C)s1)C(=O)Nc1ccc(S(N)(=O)=O)cc1. The Kier molecular flexibility index (Phi) is 5.74. The molecule has 1 atom stereocenters. The normalized spacial score (nSPS) is 12.8. The van der Waals surface area contributed by atoms with Crippen LogP contribution in [0.1, 0.15) is 18.4 Å². The van der Waals surface area contributed by atoms with Crippen molar-refractivity contribution in [3.63, 3.8) is 0 Å². The van der Waals surface area contributed by atoms with Gasteiger partial charge in [0, 0.05) is 5.69 Å². The summed E-state index contributed by atoms with van der Waals surface area (Å²) in [6.45, 7) is 3.77. The Morgan fingerprint density at radius 1 is 1.35 bits per heavy atom. The molecule has 2 aromatic rings. The van der Waals surface area contributed by atoms with Gasteiger partial charge in [-0.05, 0) is 37.6 Å². The molecule has 3 N–H and O–H groups in total. The van der Waals surface area contributed by atoms with Crippen molar-refractivity contribution in [2.75, 3.05) is 5.32 Å². The van der Waals surface area contributed by atoms with Gasteiger partial charge in [-0.3, -0.25) is 4.79 Å². The van der Waals surface area contributed by atoms with Crippen LogP contribution in [-0.2, 0) is 14.8 Å². The van der Waals surface area contributed by atoms with Crippen LogP contribution in [0.4, 0.5) is 5.69 Å². The van der Waals surface area contributed by atoms with Gasteiger partial charge in [-0.25, -0.2) is 13.6 Å². The topological polar surface area (TPSA) is 115 Å². The predicted molar refractivity (Wildman–Crippen MR) is 91.0 cm³/mol. The Labute approximate surface area is 142 Å². The van der Waals surface area contributed by atoms with Crippen LogP contribution in [0, 0.1) is 6.92 Å². The summed E-state index contributed by atoms with van der Waals surface area (Å²) in [6.07, 6.45) is 0.629. The molecule has 0 aliphatic rings. The average Bonchev–Trinajstić information content (AvgIpc) is 2.89. The van der Waals surface area contributed by atoms with Gasteiger partial charge < -0.3 is 5.32 Å². The van der Waals surface area contributed by atoms with Crippen molar-refractivity contribution in [2.24, 2.45) is 5.14 Å². The molecule has 10 heteroatoms. The summed E-state index contributed by atoms with van der Waals surface area (Å²) in [6, 6.07) is 5.72. The quantitative estimate of drug-likeness (QED) is 0.750. The van der Waals surface area contributed by atoms with E-state index in [9.17, 15) is 13.2 Å². The molecule has 0 aliphatic carbocycles. The van der Waals surface area contributed by atoms with Crippen molar-refractivity contribution in [1.82, 2.24) is 10.2 Å². The minimum atomic E-state index is -3.74. The van der Waals surface area contributed by atoms with Crippen LogP contribution in [0.25, 0.3) is 0 Å². The van der Waals surface area contributed by atoms with Gasteiger partial charge in [0.15, 0.2) is 4.34 Å². The fourth-order valence-electron chi connectivity index (χ4n) is 1.72. The van der Waals surface area contributed by atoms with E-state index in [1.807, 2.05) is 13.8 Å². The Balaban J connectivity index is 2.04. The fraction of sp³-hybridized carbons (Fsp3) is 0.308. The van der Waals surface area contributed by atoms with E-state index in [2.05, 4.69) is 15.5 Å². The highest BCUT2D eigenvalue weighted by molar-refractivity contribution is 8.02. The molecule has 1 amide bonds. The summed E-state index contributed by atoms with van der Waals surface area (Å²) in [7, 11) is -3.74. The highest BCUT2D eigenvalue weighted by atomic mass is 32.2. The zero-order valence-corrected chi connectivity index (χ0v) is 15.0. The maximum atomic E-state index is 12.3.